The number of hydrogen-bond acceptors (Lipinski definition) is 4. The highest BCUT2D eigenvalue weighted by Crippen LogP contribution is 2.26. The van der Waals surface area contributed by atoms with Crippen LogP contribution in [0.1, 0.15) is 6.92 Å². The maximum Gasteiger partial charge on any atom is 0.415 e. The molecule has 0 saturated heterocycles. The van der Waals surface area contributed by atoms with E-state index < -0.39 is 39.1 Å². The van der Waals surface area contributed by atoms with Crippen molar-refractivity contribution in [2.24, 2.45) is 0 Å². The number of nitrogens with one attached hydrogen (secondary N) is 1. The number of halogens is 3. The molecule has 0 heterocycles. The Morgan fingerprint density at radius 3 is 2.37 bits per heavy atom. The summed E-state index contributed by atoms with van der Waals surface area (Å²) in [5, 5.41) is 10.2. The zero-order valence-electron chi connectivity index (χ0n) is 10.2. The van der Waals surface area contributed by atoms with Crippen molar-refractivity contribution < 1.29 is 37.3 Å². The second-order valence-electron chi connectivity index (χ2n) is 3.14. The molecule has 0 aliphatic rings. The van der Waals surface area contributed by atoms with E-state index in [2.05, 4.69) is 11.3 Å². The molecule has 19 heavy (non-hydrogen) atoms. The molecule has 0 aromatic carbocycles. The fourth-order valence-corrected chi connectivity index (χ4v) is 1.89. The largest absolute Gasteiger partial charge is 0.461 e. The van der Waals surface area contributed by atoms with Gasteiger partial charge >= 0.3 is 17.9 Å². The molecular weight excluding hydrogens is 287 g/mol. The Morgan fingerprint density at radius 1 is 1.53 bits per heavy atom. The van der Waals surface area contributed by atoms with Crippen LogP contribution in [0.3, 0.4) is 0 Å². The third-order valence-electron chi connectivity index (χ3n) is 1.92. The van der Waals surface area contributed by atoms with Crippen LogP contribution in [0.4, 0.5) is 13.2 Å². The molecule has 0 spiro atoms. The van der Waals surface area contributed by atoms with Crippen molar-refractivity contribution in [1.82, 2.24) is 0 Å². The predicted molar refractivity (Wildman–Crippen MR) is 61.7 cm³/mol. The number of allylic oxidation sites excluding steroid dienone is 2. The van der Waals surface area contributed by atoms with Crippen LogP contribution in [0, 0.1) is 0 Å². The van der Waals surface area contributed by atoms with Crippen molar-refractivity contribution in [1.29, 1.82) is 0 Å². The van der Waals surface area contributed by atoms with Gasteiger partial charge in [0.1, 0.15) is 4.91 Å². The monoisotopic (exact) mass is 300 g/mol. The smallest absolute Gasteiger partial charge is 0.415 e. The minimum Gasteiger partial charge on any atom is -0.461 e. The van der Waals surface area contributed by atoms with E-state index in [1.807, 2.05) is 0 Å². The lowest BCUT2D eigenvalue weighted by Crippen LogP contribution is -2.71. The summed E-state index contributed by atoms with van der Waals surface area (Å²) in [7, 11) is -0.969. The van der Waals surface area contributed by atoms with Crippen LogP contribution in [0.25, 0.3) is 0 Å². The highest BCUT2D eigenvalue weighted by molar-refractivity contribution is 7.90. The molecule has 0 aromatic rings. The first-order valence-electron chi connectivity index (χ1n) is 4.90. The first kappa shape index (κ1) is 17.4. The molecule has 1 atom stereocenters. The summed E-state index contributed by atoms with van der Waals surface area (Å²) in [5.41, 5.74) is -2.03. The normalized spacial score (nSPS) is 15.0. The molecule has 9 heteroatoms. The highest BCUT2D eigenvalue weighted by atomic mass is 32.2. The van der Waals surface area contributed by atoms with Crippen LogP contribution >= 0.6 is 0 Å². The van der Waals surface area contributed by atoms with Crippen LogP contribution in [0.5, 0.6) is 0 Å². The molecule has 0 radical (unpaired) electrons. The first-order valence-corrected chi connectivity index (χ1v) is 6.22. The molecule has 0 aliphatic carbocycles. The topological polar surface area (TPSA) is 77.6 Å². The van der Waals surface area contributed by atoms with E-state index in [1.54, 1.807) is 0 Å². The van der Waals surface area contributed by atoms with Gasteiger partial charge in [-0.1, -0.05) is 13.5 Å². The number of alkyl halides is 3. The number of hydrogen-bond donors (Lipinski definition) is 2. The molecule has 108 valence electrons. The summed E-state index contributed by atoms with van der Waals surface area (Å²) in [4.78, 5) is 10.7. The van der Waals surface area contributed by atoms with Crippen molar-refractivity contribution in [2.75, 3.05) is 12.9 Å². The number of ether oxygens (including phenoxy) is 1. The molecule has 0 bridgehead atoms. The number of esters is 1. The van der Waals surface area contributed by atoms with Crippen LogP contribution < -0.4 is 5.16 Å². The van der Waals surface area contributed by atoms with E-state index in [4.69, 9.17) is 5.21 Å². The Hall–Kier alpha value is -1.64. The first-order chi connectivity index (χ1) is 8.68. The fraction of sp³-hybridized carbons (Fsp3) is 0.400. The van der Waals surface area contributed by atoms with Gasteiger partial charge in [-0.3, -0.25) is 9.42 Å². The highest BCUT2D eigenvalue weighted by Gasteiger charge is 2.35. The zero-order valence-corrected chi connectivity index (χ0v) is 11.0. The van der Waals surface area contributed by atoms with Crippen molar-refractivity contribution in [3.63, 3.8) is 0 Å². The molecule has 0 fully saturated rings. The van der Waals surface area contributed by atoms with E-state index >= 15 is 0 Å². The molecule has 5 nitrogen and oxygen atoms in total. The van der Waals surface area contributed by atoms with E-state index in [1.165, 1.54) is 12.1 Å². The molecule has 0 rings (SSSR count). The average molecular weight is 300 g/mol. The van der Waals surface area contributed by atoms with Gasteiger partial charge in [-0.2, -0.15) is 13.2 Å². The maximum absolute atomic E-state index is 12.4. The van der Waals surface area contributed by atoms with Gasteiger partial charge < -0.3 is 4.74 Å². The van der Waals surface area contributed by atoms with Crippen molar-refractivity contribution in [3.05, 3.63) is 23.1 Å². The van der Waals surface area contributed by atoms with Crippen LogP contribution in [0.2, 0.25) is 0 Å². The van der Waals surface area contributed by atoms with Crippen molar-refractivity contribution in [3.8, 4) is 0 Å². The molecule has 1 unspecified atom stereocenters. The van der Waals surface area contributed by atoms with E-state index in [9.17, 15) is 22.2 Å². The van der Waals surface area contributed by atoms with E-state index in [0.29, 0.717) is 6.08 Å². The second-order valence-corrected chi connectivity index (χ2v) is 4.85. The number of carbonyl (C=O) groups excluding carboxylic acids is 1. The summed E-state index contributed by atoms with van der Waals surface area (Å²) >= 11 is 0. The minimum atomic E-state index is -4.74. The average Bonchev–Trinajstić information content (AvgIpc) is 2.35. The van der Waals surface area contributed by atoms with Crippen molar-refractivity contribution >= 4 is 22.5 Å². The fourth-order valence-electron chi connectivity index (χ4n) is 0.951. The Kier molecular flexibility index (Phi) is 6.46. The quantitative estimate of drug-likeness (QED) is 0.243. The van der Waals surface area contributed by atoms with Crippen LogP contribution in [-0.4, -0.2) is 40.1 Å². The SMILES string of the molecule is C=C(/C=C(\C(=[NH+]\O)C(=O)OC)S(=O)CC)C(F)(F)F. The number of carbonyl (C=O) groups is 1. The molecule has 0 saturated carbocycles. The number of rotatable bonds is 5. The molecular formula is C10H13F3NO4S+. The maximum atomic E-state index is 12.4. The third-order valence-corrected chi connectivity index (χ3v) is 3.26. The number of methoxy groups -OCH3 is 1. The zero-order chi connectivity index (χ0) is 15.2. The minimum absolute atomic E-state index is 0.0564. The van der Waals surface area contributed by atoms with Crippen LogP contribution in [0.15, 0.2) is 23.1 Å². The van der Waals surface area contributed by atoms with Crippen molar-refractivity contribution in [2.45, 2.75) is 13.1 Å². The summed E-state index contributed by atoms with van der Waals surface area (Å²) in [6.45, 7) is 4.21. The lowest BCUT2D eigenvalue weighted by atomic mass is 10.2. The van der Waals surface area contributed by atoms with Gasteiger partial charge in [-0.15, -0.1) is 0 Å². The predicted octanol–water partition coefficient (Wildman–Crippen LogP) is -0.159. The van der Waals surface area contributed by atoms with Gasteiger partial charge in [0, 0.05) is 11.3 Å². The summed E-state index contributed by atoms with van der Waals surface area (Å²) in [5.74, 6) is -1.20. The van der Waals surface area contributed by atoms with Crippen LogP contribution in [-0.2, 0) is 20.3 Å². The van der Waals surface area contributed by atoms with Gasteiger partial charge in [0.25, 0.3) is 0 Å². The standard InChI is InChI=1S/C10H12F3NO4S/c1-4-19(17)7(5-6(2)10(11,12)13)8(14-16)9(15)18-3/h5,16H,2,4H2,1,3H3/p+1/b7-5+,14-8-. The summed E-state index contributed by atoms with van der Waals surface area (Å²) in [6, 6.07) is 0. The van der Waals surface area contributed by atoms with Gasteiger partial charge in [-0.25, -0.2) is 4.79 Å². The summed E-state index contributed by atoms with van der Waals surface area (Å²) in [6.07, 6.45) is -4.31. The lowest BCUT2D eigenvalue weighted by molar-refractivity contribution is -0.736. The second kappa shape index (κ2) is 7.07. The van der Waals surface area contributed by atoms with Gasteiger partial charge in [0.05, 0.1) is 17.9 Å². The third kappa shape index (κ3) is 4.86. The Morgan fingerprint density at radius 2 is 2.05 bits per heavy atom. The van der Waals surface area contributed by atoms with Gasteiger partial charge in [-0.05, 0) is 11.2 Å². The summed E-state index contributed by atoms with van der Waals surface area (Å²) < 4.78 is 53.0. The lowest BCUT2D eigenvalue weighted by Gasteiger charge is -2.07. The molecule has 0 amide bonds. The Bertz CT molecular complexity index is 454. The van der Waals surface area contributed by atoms with E-state index in [0.717, 1.165) is 7.11 Å². The molecule has 2 N–H and O–H groups in total. The molecule has 0 aliphatic heterocycles. The van der Waals surface area contributed by atoms with E-state index in [-0.39, 0.29) is 5.75 Å². The van der Waals surface area contributed by atoms with Gasteiger partial charge in [0.2, 0.25) is 0 Å². The Balaban J connectivity index is 5.72. The molecule has 0 aromatic heterocycles. The Labute approximate surface area is 109 Å². The van der Waals surface area contributed by atoms with Gasteiger partial charge in [0.15, 0.2) is 0 Å².